The number of nitrogens with one attached hydrogen (secondary N) is 3. The van der Waals surface area contributed by atoms with Crippen LogP contribution in [0.1, 0.15) is 37.9 Å². The normalized spacial score (nSPS) is 15.9. The van der Waals surface area contributed by atoms with Crippen LogP contribution in [0.15, 0.2) is 51.2 Å². The molecule has 0 saturated heterocycles. The first kappa shape index (κ1) is 30.1. The van der Waals surface area contributed by atoms with Crippen molar-refractivity contribution >= 4 is 45.7 Å². The van der Waals surface area contributed by atoms with Crippen molar-refractivity contribution in [3.8, 4) is 17.2 Å². The Labute approximate surface area is 239 Å². The van der Waals surface area contributed by atoms with Gasteiger partial charge in [0.05, 0.1) is 47.6 Å². The molecule has 210 valence electrons. The fourth-order valence-electron chi connectivity index (χ4n) is 3.76. The third kappa shape index (κ3) is 7.78. The van der Waals surface area contributed by atoms with E-state index < -0.39 is 24.3 Å². The Kier molecular flexibility index (Phi) is 10.8. The summed E-state index contributed by atoms with van der Waals surface area (Å²) in [6.45, 7) is 5.96. The highest BCUT2D eigenvalue weighted by Gasteiger charge is 2.32. The molecule has 39 heavy (non-hydrogen) atoms. The molecule has 1 aliphatic rings. The van der Waals surface area contributed by atoms with Crippen molar-refractivity contribution in [3.05, 3.63) is 62.2 Å². The molecule has 0 unspecified atom stereocenters. The molecular formula is C26H30BrClN4O7. The molecule has 2 aromatic carbocycles. The van der Waals surface area contributed by atoms with Crippen LogP contribution in [-0.2, 0) is 9.53 Å². The Hall–Kier alpha value is -3.48. The van der Waals surface area contributed by atoms with Crippen molar-refractivity contribution in [2.75, 3.05) is 26.9 Å². The Bertz CT molecular complexity index is 1250. The number of aliphatic hydroxyl groups excluding tert-OH is 1. The van der Waals surface area contributed by atoms with Crippen molar-refractivity contribution < 1.29 is 33.6 Å². The number of carbonyl (C=O) groups excluding carboxylic acids is 2. The first-order valence-electron chi connectivity index (χ1n) is 12.0. The summed E-state index contributed by atoms with van der Waals surface area (Å²) in [6.07, 6.45) is 0.356. The van der Waals surface area contributed by atoms with Crippen LogP contribution in [-0.4, -0.2) is 56.5 Å². The van der Waals surface area contributed by atoms with Crippen LogP contribution in [0.2, 0.25) is 5.02 Å². The average Bonchev–Trinajstić information content (AvgIpc) is 2.89. The first-order valence-corrected chi connectivity index (χ1v) is 13.2. The number of hydrogen-bond donors (Lipinski definition) is 4. The van der Waals surface area contributed by atoms with Gasteiger partial charge in [-0.25, -0.2) is 9.59 Å². The highest BCUT2D eigenvalue weighted by molar-refractivity contribution is 9.10. The molecule has 0 radical (unpaired) electrons. The number of ether oxygens (including phenoxy) is 4. The zero-order valence-electron chi connectivity index (χ0n) is 21.8. The zero-order valence-corrected chi connectivity index (χ0v) is 24.2. The van der Waals surface area contributed by atoms with Gasteiger partial charge in [-0.1, -0.05) is 17.7 Å². The molecule has 11 nitrogen and oxygen atoms in total. The van der Waals surface area contributed by atoms with Gasteiger partial charge in [-0.3, -0.25) is 5.43 Å². The largest absolute Gasteiger partial charge is 0.491 e. The number of hydrogen-bond acceptors (Lipinski definition) is 9. The van der Waals surface area contributed by atoms with E-state index in [0.29, 0.717) is 56.8 Å². The molecule has 13 heteroatoms. The van der Waals surface area contributed by atoms with Gasteiger partial charge >= 0.3 is 12.0 Å². The molecule has 0 bridgehead atoms. The molecule has 2 amide bonds. The molecule has 0 spiro atoms. The standard InChI is InChI=1S/C26H30BrClN4O7/c1-5-37-20-11-16(23-22(25(34)36-4)14(3)30-26(35)31-23)7-8-19(20)39-13-21(33)32-29-12-15-9-17(27)24(38-6-2)18(28)10-15/h7-12,21,23,32-33H,5-6,13H2,1-4H3,(H2,30,31,35)/b29-12-/t21-,23-/m1/s1. The number of hydrazone groups is 1. The van der Waals surface area contributed by atoms with E-state index in [0.717, 1.165) is 0 Å². The van der Waals surface area contributed by atoms with Crippen molar-refractivity contribution in [2.24, 2.45) is 5.10 Å². The third-order valence-corrected chi connectivity index (χ3v) is 6.29. The minimum absolute atomic E-state index is 0.152. The van der Waals surface area contributed by atoms with Gasteiger partial charge in [0.1, 0.15) is 6.61 Å². The van der Waals surface area contributed by atoms with E-state index >= 15 is 0 Å². The summed E-state index contributed by atoms with van der Waals surface area (Å²) in [7, 11) is 1.27. The summed E-state index contributed by atoms with van der Waals surface area (Å²) in [5, 5.41) is 20.1. The van der Waals surface area contributed by atoms with E-state index in [4.69, 9.17) is 30.5 Å². The van der Waals surface area contributed by atoms with Gasteiger partial charge in [0, 0.05) is 5.70 Å². The van der Waals surface area contributed by atoms with E-state index in [9.17, 15) is 14.7 Å². The molecule has 4 N–H and O–H groups in total. The van der Waals surface area contributed by atoms with Crippen molar-refractivity contribution in [1.82, 2.24) is 16.1 Å². The SMILES string of the molecule is CCOc1cc([C@H]2NC(=O)NC(C)=C2C(=O)OC)ccc1OC[C@@H](O)N/N=C\c1cc(Cl)c(OCC)c(Br)c1. The van der Waals surface area contributed by atoms with Crippen LogP contribution in [0.4, 0.5) is 4.79 Å². The van der Waals surface area contributed by atoms with Gasteiger partial charge in [0.15, 0.2) is 23.5 Å². The molecule has 0 aromatic heterocycles. The first-order chi connectivity index (χ1) is 18.7. The van der Waals surface area contributed by atoms with Crippen LogP contribution in [0.5, 0.6) is 17.2 Å². The van der Waals surface area contributed by atoms with Gasteiger partial charge in [-0.05, 0) is 72.1 Å². The van der Waals surface area contributed by atoms with Gasteiger partial charge < -0.3 is 34.7 Å². The minimum Gasteiger partial charge on any atom is -0.491 e. The number of nitrogens with zero attached hydrogens (tertiary/aromatic N) is 1. The molecular weight excluding hydrogens is 596 g/mol. The quantitative estimate of drug-likeness (QED) is 0.120. The second-order valence-corrected chi connectivity index (χ2v) is 9.42. The van der Waals surface area contributed by atoms with E-state index in [-0.39, 0.29) is 12.2 Å². The number of halogens is 2. The average molecular weight is 626 g/mol. The third-order valence-electron chi connectivity index (χ3n) is 5.42. The fourth-order valence-corrected chi connectivity index (χ4v) is 4.75. The van der Waals surface area contributed by atoms with Crippen molar-refractivity contribution in [2.45, 2.75) is 33.0 Å². The fraction of sp³-hybridized carbons (Fsp3) is 0.346. The number of methoxy groups -OCH3 is 1. The highest BCUT2D eigenvalue weighted by Crippen LogP contribution is 2.35. The lowest BCUT2D eigenvalue weighted by molar-refractivity contribution is -0.136. The number of benzene rings is 2. The van der Waals surface area contributed by atoms with E-state index in [1.54, 1.807) is 37.3 Å². The summed E-state index contributed by atoms with van der Waals surface area (Å²) in [4.78, 5) is 24.5. The lowest BCUT2D eigenvalue weighted by atomic mass is 9.95. The summed E-state index contributed by atoms with van der Waals surface area (Å²) in [5.74, 6) is 0.699. The van der Waals surface area contributed by atoms with Gasteiger partial charge in [-0.15, -0.1) is 0 Å². The Morgan fingerprint density at radius 2 is 1.95 bits per heavy atom. The zero-order chi connectivity index (χ0) is 28.5. The smallest absolute Gasteiger partial charge is 0.337 e. The number of esters is 1. The number of carbonyl (C=O) groups is 2. The lowest BCUT2D eigenvalue weighted by Crippen LogP contribution is -2.45. The van der Waals surface area contributed by atoms with Crippen LogP contribution < -0.4 is 30.3 Å². The molecule has 2 atom stereocenters. The highest BCUT2D eigenvalue weighted by atomic mass is 79.9. The number of urea groups is 1. The van der Waals surface area contributed by atoms with Crippen LogP contribution >= 0.6 is 27.5 Å². The van der Waals surface area contributed by atoms with Crippen LogP contribution in [0.25, 0.3) is 0 Å². The minimum atomic E-state index is -1.14. The summed E-state index contributed by atoms with van der Waals surface area (Å²) in [6, 6.07) is 7.26. The predicted molar refractivity (Wildman–Crippen MR) is 149 cm³/mol. The monoisotopic (exact) mass is 624 g/mol. The van der Waals surface area contributed by atoms with Crippen LogP contribution in [0, 0.1) is 0 Å². The van der Waals surface area contributed by atoms with Gasteiger partial charge in [0.25, 0.3) is 0 Å². The molecule has 1 aliphatic heterocycles. The molecule has 0 fully saturated rings. The Morgan fingerprint density at radius 3 is 2.62 bits per heavy atom. The lowest BCUT2D eigenvalue weighted by Gasteiger charge is -2.28. The number of rotatable bonds is 12. The van der Waals surface area contributed by atoms with E-state index in [1.165, 1.54) is 13.3 Å². The number of allylic oxidation sites excluding steroid dienone is 1. The second-order valence-electron chi connectivity index (χ2n) is 8.16. The van der Waals surface area contributed by atoms with Crippen molar-refractivity contribution in [3.63, 3.8) is 0 Å². The maximum Gasteiger partial charge on any atom is 0.337 e. The summed E-state index contributed by atoms with van der Waals surface area (Å²) < 4.78 is 22.5. The molecule has 1 heterocycles. The number of amides is 2. The second kappa shape index (κ2) is 14.1. The van der Waals surface area contributed by atoms with E-state index in [2.05, 4.69) is 37.1 Å². The Balaban J connectivity index is 1.69. The molecule has 0 aliphatic carbocycles. The number of aliphatic hydroxyl groups is 1. The van der Waals surface area contributed by atoms with Crippen LogP contribution in [0.3, 0.4) is 0 Å². The summed E-state index contributed by atoms with van der Waals surface area (Å²) in [5.41, 5.74) is 4.52. The molecule has 0 saturated carbocycles. The van der Waals surface area contributed by atoms with Gasteiger partial charge in [0.2, 0.25) is 0 Å². The van der Waals surface area contributed by atoms with Crippen molar-refractivity contribution in [1.29, 1.82) is 0 Å². The predicted octanol–water partition coefficient (Wildman–Crippen LogP) is 4.02. The molecule has 2 aromatic rings. The maximum atomic E-state index is 12.4. The Morgan fingerprint density at radius 1 is 1.21 bits per heavy atom. The summed E-state index contributed by atoms with van der Waals surface area (Å²) >= 11 is 9.67. The maximum absolute atomic E-state index is 12.4. The van der Waals surface area contributed by atoms with E-state index in [1.807, 2.05) is 13.8 Å². The molecule has 3 rings (SSSR count). The van der Waals surface area contributed by atoms with Gasteiger partial charge in [-0.2, -0.15) is 5.10 Å². The topological polar surface area (TPSA) is 140 Å².